The van der Waals surface area contributed by atoms with Crippen molar-refractivity contribution in [2.45, 2.75) is 0 Å². The largest absolute Gasteiger partial charge is 0.455 e. The second-order valence-electron chi connectivity index (χ2n) is 14.0. The van der Waals surface area contributed by atoms with E-state index in [4.69, 9.17) is 19.4 Å². The molecule has 0 bridgehead atoms. The third kappa shape index (κ3) is 5.56. The zero-order valence-electron chi connectivity index (χ0n) is 30.1. The van der Waals surface area contributed by atoms with E-state index in [1.165, 1.54) is 25.7 Å². The first-order chi connectivity index (χ1) is 27.7. The number of rotatable bonds is 6. The molecular formula is C51H31N3OS. The van der Waals surface area contributed by atoms with E-state index >= 15 is 0 Å². The highest BCUT2D eigenvalue weighted by Crippen LogP contribution is 2.44. The summed E-state index contributed by atoms with van der Waals surface area (Å²) in [6.07, 6.45) is 0. The lowest BCUT2D eigenvalue weighted by Crippen LogP contribution is -2.00. The Morgan fingerprint density at radius 3 is 1.46 bits per heavy atom. The van der Waals surface area contributed by atoms with Gasteiger partial charge in [0.25, 0.3) is 0 Å². The normalized spacial score (nSPS) is 11.6. The second-order valence-corrected chi connectivity index (χ2v) is 15.0. The van der Waals surface area contributed by atoms with Crippen molar-refractivity contribution in [1.82, 2.24) is 15.0 Å². The van der Waals surface area contributed by atoms with Crippen LogP contribution >= 0.6 is 11.3 Å². The molecule has 0 aliphatic carbocycles. The van der Waals surface area contributed by atoms with Crippen LogP contribution in [0.15, 0.2) is 192 Å². The summed E-state index contributed by atoms with van der Waals surface area (Å²) in [6.45, 7) is 0. The first kappa shape index (κ1) is 32.2. The van der Waals surface area contributed by atoms with Crippen LogP contribution in [0, 0.1) is 0 Å². The van der Waals surface area contributed by atoms with Gasteiger partial charge in [0, 0.05) is 58.8 Å². The van der Waals surface area contributed by atoms with Crippen LogP contribution < -0.4 is 0 Å². The van der Waals surface area contributed by atoms with Gasteiger partial charge in [0.05, 0.1) is 0 Å². The van der Waals surface area contributed by atoms with E-state index in [0.29, 0.717) is 17.5 Å². The molecular weight excluding hydrogens is 703 g/mol. The van der Waals surface area contributed by atoms with Crippen LogP contribution in [0.2, 0.25) is 0 Å². The monoisotopic (exact) mass is 733 g/mol. The first-order valence-electron chi connectivity index (χ1n) is 18.7. The molecule has 0 saturated carbocycles. The third-order valence-corrected chi connectivity index (χ3v) is 11.8. The van der Waals surface area contributed by atoms with E-state index in [0.717, 1.165) is 66.4 Å². The molecule has 0 radical (unpaired) electrons. The lowest BCUT2D eigenvalue weighted by Gasteiger charge is -2.10. The minimum Gasteiger partial charge on any atom is -0.455 e. The quantitative estimate of drug-likeness (QED) is 0.171. The Morgan fingerprint density at radius 2 is 0.821 bits per heavy atom. The molecule has 11 aromatic rings. The number of para-hydroxylation sites is 1. The summed E-state index contributed by atoms with van der Waals surface area (Å²) in [4.78, 5) is 15.2. The van der Waals surface area contributed by atoms with Crippen molar-refractivity contribution < 1.29 is 4.42 Å². The first-order valence-corrected chi connectivity index (χ1v) is 19.5. The van der Waals surface area contributed by atoms with Crippen LogP contribution in [0.3, 0.4) is 0 Å². The summed E-state index contributed by atoms with van der Waals surface area (Å²) in [5, 5.41) is 4.68. The highest BCUT2D eigenvalue weighted by Gasteiger charge is 2.18. The lowest BCUT2D eigenvalue weighted by molar-refractivity contribution is 0.670. The smallest absolute Gasteiger partial charge is 0.164 e. The highest BCUT2D eigenvalue weighted by atomic mass is 32.1. The van der Waals surface area contributed by atoms with Gasteiger partial charge in [-0.05, 0) is 40.5 Å². The Morgan fingerprint density at radius 1 is 0.339 bits per heavy atom. The molecule has 0 unspecified atom stereocenters. The van der Waals surface area contributed by atoms with Gasteiger partial charge in [-0.25, -0.2) is 15.0 Å². The van der Waals surface area contributed by atoms with Gasteiger partial charge >= 0.3 is 0 Å². The zero-order valence-corrected chi connectivity index (χ0v) is 30.9. The topological polar surface area (TPSA) is 51.8 Å². The third-order valence-electron chi connectivity index (χ3n) is 10.6. The number of fused-ring (bicyclic) bond motifs is 6. The summed E-state index contributed by atoms with van der Waals surface area (Å²) in [7, 11) is 0. The summed E-state index contributed by atoms with van der Waals surface area (Å²) >= 11 is 1.83. The summed E-state index contributed by atoms with van der Waals surface area (Å²) in [5.74, 6) is 1.81. The lowest BCUT2D eigenvalue weighted by atomic mass is 10.00. The Balaban J connectivity index is 1.04. The van der Waals surface area contributed by atoms with Gasteiger partial charge in [-0.3, -0.25) is 0 Å². The SMILES string of the molecule is c1ccc(-c2ccc(-c3nc(-c4ccc(-c5ccccc5)cc4)nc(-c4ccc5c(c4)oc4c(-c6cccc7c6sc6ccccc67)cccc45)n3)cc2)cc1. The maximum Gasteiger partial charge on any atom is 0.164 e. The number of thiophene rings is 1. The van der Waals surface area contributed by atoms with Crippen LogP contribution in [0.4, 0.5) is 0 Å². The summed E-state index contributed by atoms with van der Waals surface area (Å²) < 4.78 is 9.35. The maximum absolute atomic E-state index is 6.80. The van der Waals surface area contributed by atoms with E-state index in [-0.39, 0.29) is 0 Å². The Bertz CT molecular complexity index is 3120. The summed E-state index contributed by atoms with van der Waals surface area (Å²) in [5.41, 5.74) is 11.2. The predicted octanol–water partition coefficient (Wildman–Crippen LogP) is 14.1. The molecule has 0 fully saturated rings. The molecule has 3 heterocycles. The molecule has 5 heteroatoms. The van der Waals surface area contributed by atoms with Crippen LogP contribution in [-0.4, -0.2) is 15.0 Å². The maximum atomic E-state index is 6.80. The van der Waals surface area contributed by atoms with E-state index in [1.807, 2.05) is 23.5 Å². The highest BCUT2D eigenvalue weighted by molar-refractivity contribution is 7.26. The summed E-state index contributed by atoms with van der Waals surface area (Å²) in [6, 6.07) is 65.6. The molecule has 3 aromatic heterocycles. The number of hydrogen-bond acceptors (Lipinski definition) is 5. The average molecular weight is 734 g/mol. The molecule has 0 N–H and O–H groups in total. The Hall–Kier alpha value is -7.21. The van der Waals surface area contributed by atoms with Crippen molar-refractivity contribution in [3.63, 3.8) is 0 Å². The van der Waals surface area contributed by atoms with Crippen molar-refractivity contribution in [3.05, 3.63) is 188 Å². The fraction of sp³-hybridized carbons (Fsp3) is 0. The molecule has 0 spiro atoms. The molecule has 56 heavy (non-hydrogen) atoms. The van der Waals surface area contributed by atoms with Crippen LogP contribution in [0.1, 0.15) is 0 Å². The van der Waals surface area contributed by atoms with Gasteiger partial charge in [0.1, 0.15) is 11.2 Å². The van der Waals surface area contributed by atoms with Crippen LogP contribution in [0.5, 0.6) is 0 Å². The Labute approximate surface area is 327 Å². The second kappa shape index (κ2) is 13.3. The Kier molecular flexibility index (Phi) is 7.64. The number of benzene rings is 8. The van der Waals surface area contributed by atoms with Crippen molar-refractivity contribution in [3.8, 4) is 67.5 Å². The van der Waals surface area contributed by atoms with Crippen molar-refractivity contribution in [2.75, 3.05) is 0 Å². The van der Waals surface area contributed by atoms with Crippen LogP contribution in [-0.2, 0) is 0 Å². The molecule has 4 nitrogen and oxygen atoms in total. The molecule has 0 aliphatic heterocycles. The predicted molar refractivity (Wildman–Crippen MR) is 233 cm³/mol. The minimum atomic E-state index is 0.585. The fourth-order valence-electron chi connectivity index (χ4n) is 7.76. The van der Waals surface area contributed by atoms with E-state index in [9.17, 15) is 0 Å². The number of hydrogen-bond donors (Lipinski definition) is 0. The zero-order chi connectivity index (χ0) is 37.0. The van der Waals surface area contributed by atoms with Gasteiger partial charge in [-0.15, -0.1) is 11.3 Å². The van der Waals surface area contributed by atoms with Gasteiger partial charge in [0.2, 0.25) is 0 Å². The van der Waals surface area contributed by atoms with Crippen molar-refractivity contribution in [2.24, 2.45) is 0 Å². The molecule has 0 atom stereocenters. The van der Waals surface area contributed by atoms with Gasteiger partial charge in [-0.1, -0.05) is 170 Å². The van der Waals surface area contributed by atoms with Gasteiger partial charge in [0.15, 0.2) is 17.5 Å². The molecule has 8 aromatic carbocycles. The molecule has 0 aliphatic rings. The number of aromatic nitrogens is 3. The number of furan rings is 1. The van der Waals surface area contributed by atoms with Crippen molar-refractivity contribution in [1.29, 1.82) is 0 Å². The van der Waals surface area contributed by atoms with Crippen LogP contribution in [0.25, 0.3) is 110 Å². The molecule has 11 rings (SSSR count). The van der Waals surface area contributed by atoms with E-state index in [1.54, 1.807) is 0 Å². The van der Waals surface area contributed by atoms with Crippen molar-refractivity contribution >= 4 is 53.4 Å². The van der Waals surface area contributed by atoms with Gasteiger partial charge in [-0.2, -0.15) is 0 Å². The van der Waals surface area contributed by atoms with E-state index in [2.05, 4.69) is 176 Å². The molecule has 0 amide bonds. The molecule has 262 valence electrons. The van der Waals surface area contributed by atoms with E-state index < -0.39 is 0 Å². The fourth-order valence-corrected chi connectivity index (χ4v) is 8.99. The average Bonchev–Trinajstić information content (AvgIpc) is 3.85. The number of nitrogens with zero attached hydrogens (tertiary/aromatic N) is 3. The standard InChI is InChI=1S/C51H31N3OS/c1-3-11-32(12-4-1)34-21-25-36(26-22-34)49-52-50(37-27-23-35(24-28-37)33-13-5-2-6-14-33)54-51(53-49)38-29-30-39-41-16-9-17-42(47(41)55-45(39)31-38)44-19-10-18-43-40-15-7-8-20-46(40)56-48(43)44/h1-31H. The van der Waals surface area contributed by atoms with Gasteiger partial charge < -0.3 is 4.42 Å². The molecule has 0 saturated heterocycles. The minimum absolute atomic E-state index is 0.585.